The number of carbonyl (C=O) groups excluding carboxylic acids is 1. The smallest absolute Gasteiger partial charge is 0.323 e. The maximum Gasteiger partial charge on any atom is 0.323 e. The van der Waals surface area contributed by atoms with Gasteiger partial charge in [0.2, 0.25) is 0 Å². The molecule has 0 spiro atoms. The van der Waals surface area contributed by atoms with Crippen LogP contribution < -0.4 is 5.56 Å². The van der Waals surface area contributed by atoms with Crippen molar-refractivity contribution >= 4 is 11.9 Å². The lowest BCUT2D eigenvalue weighted by Gasteiger charge is -2.27. The first-order valence-electron chi connectivity index (χ1n) is 7.13. The van der Waals surface area contributed by atoms with E-state index in [-0.39, 0.29) is 18.2 Å². The second-order valence-electron chi connectivity index (χ2n) is 5.60. The third kappa shape index (κ3) is 3.32. The summed E-state index contributed by atoms with van der Waals surface area (Å²) in [6, 6.07) is 1.64. The lowest BCUT2D eigenvalue weighted by atomic mass is 10.1. The number of amides is 1. The highest BCUT2D eigenvalue weighted by atomic mass is 16.4. The number of rotatable bonds is 4. The first-order valence-corrected chi connectivity index (χ1v) is 7.13. The van der Waals surface area contributed by atoms with Crippen molar-refractivity contribution in [2.24, 2.45) is 0 Å². The molecule has 114 valence electrons. The molecule has 1 saturated carbocycles. The summed E-state index contributed by atoms with van der Waals surface area (Å²) in [5.41, 5.74) is 0.856. The quantitative estimate of drug-likeness (QED) is 0.879. The molecule has 1 amide bonds. The van der Waals surface area contributed by atoms with Crippen LogP contribution >= 0.6 is 0 Å². The Morgan fingerprint density at radius 2 is 1.95 bits per heavy atom. The van der Waals surface area contributed by atoms with Gasteiger partial charge in [-0.15, -0.1) is 0 Å². The molecule has 0 aromatic carbocycles. The van der Waals surface area contributed by atoms with E-state index in [0.717, 1.165) is 25.7 Å². The molecule has 0 atom stereocenters. The summed E-state index contributed by atoms with van der Waals surface area (Å²) < 4.78 is 0. The fourth-order valence-corrected chi connectivity index (χ4v) is 2.99. The fraction of sp³-hybridized carbons (Fsp3) is 0.533. The van der Waals surface area contributed by atoms with Crippen molar-refractivity contribution in [2.45, 2.75) is 45.6 Å². The predicted molar refractivity (Wildman–Crippen MR) is 77.5 cm³/mol. The molecule has 1 aliphatic rings. The summed E-state index contributed by atoms with van der Waals surface area (Å²) in [5.74, 6) is -1.54. The summed E-state index contributed by atoms with van der Waals surface area (Å²) in [7, 11) is 0. The molecule has 1 fully saturated rings. The molecule has 0 unspecified atom stereocenters. The number of hydrogen-bond acceptors (Lipinski definition) is 3. The summed E-state index contributed by atoms with van der Waals surface area (Å²) in [4.78, 5) is 39.7. The Bertz CT molecular complexity index is 615. The fourth-order valence-electron chi connectivity index (χ4n) is 2.99. The van der Waals surface area contributed by atoms with Gasteiger partial charge in [0.15, 0.2) is 0 Å². The van der Waals surface area contributed by atoms with Crippen LogP contribution in [0, 0.1) is 13.8 Å². The molecular formula is C15H20N2O4. The normalized spacial score (nSPS) is 15.1. The van der Waals surface area contributed by atoms with Crippen LogP contribution in [0.2, 0.25) is 0 Å². The van der Waals surface area contributed by atoms with Gasteiger partial charge in [-0.05, 0) is 38.3 Å². The van der Waals surface area contributed by atoms with Crippen molar-refractivity contribution in [2.75, 3.05) is 6.54 Å². The molecule has 0 bridgehead atoms. The van der Waals surface area contributed by atoms with Crippen LogP contribution in [0.1, 0.15) is 47.3 Å². The minimum absolute atomic E-state index is 0.0498. The first-order chi connectivity index (χ1) is 9.90. The summed E-state index contributed by atoms with van der Waals surface area (Å²) in [6.07, 6.45) is 3.55. The highest BCUT2D eigenvalue weighted by molar-refractivity contribution is 5.97. The average molecular weight is 292 g/mol. The number of carbonyl (C=O) groups is 2. The van der Waals surface area contributed by atoms with E-state index in [1.165, 1.54) is 4.90 Å². The topological polar surface area (TPSA) is 90.5 Å². The van der Waals surface area contributed by atoms with Crippen molar-refractivity contribution in [1.82, 2.24) is 9.88 Å². The van der Waals surface area contributed by atoms with Crippen molar-refractivity contribution in [3.05, 3.63) is 33.2 Å². The minimum atomic E-state index is -1.06. The number of carboxylic acid groups (broad SMARTS) is 1. The maximum absolute atomic E-state index is 12.7. The third-order valence-corrected chi connectivity index (χ3v) is 3.91. The van der Waals surface area contributed by atoms with Gasteiger partial charge in [-0.25, -0.2) is 0 Å². The monoisotopic (exact) mass is 292 g/mol. The molecule has 6 nitrogen and oxygen atoms in total. The van der Waals surface area contributed by atoms with Crippen LogP contribution in [0.3, 0.4) is 0 Å². The lowest BCUT2D eigenvalue weighted by molar-refractivity contribution is -0.138. The number of carboxylic acids is 1. The molecule has 1 heterocycles. The van der Waals surface area contributed by atoms with Crippen LogP contribution in [0.15, 0.2) is 10.9 Å². The Balaban J connectivity index is 2.38. The summed E-state index contributed by atoms with van der Waals surface area (Å²) in [5, 5.41) is 9.04. The third-order valence-electron chi connectivity index (χ3n) is 3.91. The molecule has 0 radical (unpaired) electrons. The second-order valence-corrected chi connectivity index (χ2v) is 5.60. The van der Waals surface area contributed by atoms with Crippen LogP contribution in [-0.4, -0.2) is 39.5 Å². The Hall–Kier alpha value is -2.11. The van der Waals surface area contributed by atoms with Crippen LogP contribution in [-0.2, 0) is 4.79 Å². The Morgan fingerprint density at radius 1 is 1.33 bits per heavy atom. The van der Waals surface area contributed by atoms with Gasteiger partial charge in [0.1, 0.15) is 12.1 Å². The minimum Gasteiger partial charge on any atom is -0.480 e. The molecule has 2 rings (SSSR count). The number of aliphatic carboxylic acids is 1. The summed E-state index contributed by atoms with van der Waals surface area (Å²) in [6.45, 7) is 3.08. The Labute approximate surface area is 122 Å². The van der Waals surface area contributed by atoms with Gasteiger partial charge < -0.3 is 15.0 Å². The van der Waals surface area contributed by atoms with Gasteiger partial charge in [0.05, 0.1) is 0 Å². The number of aryl methyl sites for hydroxylation is 2. The van der Waals surface area contributed by atoms with Gasteiger partial charge in [0, 0.05) is 11.7 Å². The first kappa shape index (κ1) is 15.3. The molecule has 1 aromatic heterocycles. The largest absolute Gasteiger partial charge is 0.480 e. The molecule has 2 N–H and O–H groups in total. The van der Waals surface area contributed by atoms with E-state index < -0.39 is 17.4 Å². The molecule has 0 saturated heterocycles. The van der Waals surface area contributed by atoms with Gasteiger partial charge in [-0.3, -0.25) is 14.4 Å². The zero-order valence-electron chi connectivity index (χ0n) is 12.3. The number of nitrogens with zero attached hydrogens (tertiary/aromatic N) is 1. The lowest BCUT2D eigenvalue weighted by Crippen LogP contribution is -2.44. The molecule has 1 aromatic rings. The molecule has 6 heteroatoms. The Morgan fingerprint density at radius 3 is 2.48 bits per heavy atom. The van der Waals surface area contributed by atoms with Crippen molar-refractivity contribution in [3.63, 3.8) is 0 Å². The van der Waals surface area contributed by atoms with E-state index in [1.807, 2.05) is 0 Å². The summed E-state index contributed by atoms with van der Waals surface area (Å²) >= 11 is 0. The molecule has 1 aliphatic carbocycles. The average Bonchev–Trinajstić information content (AvgIpc) is 2.87. The van der Waals surface area contributed by atoms with Crippen LogP contribution in [0.5, 0.6) is 0 Å². The number of hydrogen-bond donors (Lipinski definition) is 2. The Kier molecular flexibility index (Phi) is 4.45. The zero-order chi connectivity index (χ0) is 15.6. The number of aromatic amines is 1. The second kappa shape index (κ2) is 6.11. The van der Waals surface area contributed by atoms with Gasteiger partial charge in [-0.2, -0.15) is 0 Å². The standard InChI is InChI=1S/C15H20N2O4/c1-9-7-10(2)16-14(20)13(9)15(21)17(8-12(18)19)11-5-3-4-6-11/h7,11H,3-6,8H2,1-2H3,(H,16,20)(H,18,19). The van der Waals surface area contributed by atoms with E-state index in [4.69, 9.17) is 5.11 Å². The number of nitrogens with one attached hydrogen (secondary N) is 1. The van der Waals surface area contributed by atoms with Crippen molar-refractivity contribution in [1.29, 1.82) is 0 Å². The van der Waals surface area contributed by atoms with Crippen molar-refractivity contribution < 1.29 is 14.7 Å². The molecular weight excluding hydrogens is 272 g/mol. The highest BCUT2D eigenvalue weighted by Crippen LogP contribution is 2.24. The highest BCUT2D eigenvalue weighted by Gasteiger charge is 2.31. The van der Waals surface area contributed by atoms with E-state index in [9.17, 15) is 14.4 Å². The van der Waals surface area contributed by atoms with E-state index in [0.29, 0.717) is 11.3 Å². The van der Waals surface area contributed by atoms with E-state index >= 15 is 0 Å². The van der Waals surface area contributed by atoms with Crippen molar-refractivity contribution in [3.8, 4) is 0 Å². The molecule has 21 heavy (non-hydrogen) atoms. The SMILES string of the molecule is Cc1cc(C)c(C(=O)N(CC(=O)O)C2CCCC2)c(=O)[nH]1. The van der Waals surface area contributed by atoms with Gasteiger partial charge in [0.25, 0.3) is 11.5 Å². The predicted octanol–water partition coefficient (Wildman–Crippen LogP) is 1.46. The number of pyridine rings is 1. The van der Waals surface area contributed by atoms with E-state index in [1.54, 1.807) is 19.9 Å². The van der Waals surface area contributed by atoms with Gasteiger partial charge in [-0.1, -0.05) is 12.8 Å². The zero-order valence-corrected chi connectivity index (χ0v) is 12.3. The number of aromatic nitrogens is 1. The van der Waals surface area contributed by atoms with E-state index in [2.05, 4.69) is 4.98 Å². The van der Waals surface area contributed by atoms with Crippen LogP contribution in [0.25, 0.3) is 0 Å². The molecule has 0 aliphatic heterocycles. The van der Waals surface area contributed by atoms with Gasteiger partial charge >= 0.3 is 5.97 Å². The van der Waals surface area contributed by atoms with Crippen LogP contribution in [0.4, 0.5) is 0 Å². The number of H-pyrrole nitrogens is 1. The maximum atomic E-state index is 12.7.